The van der Waals surface area contributed by atoms with E-state index in [0.29, 0.717) is 11.3 Å². The van der Waals surface area contributed by atoms with Crippen molar-refractivity contribution in [1.29, 1.82) is 5.26 Å². The molecule has 1 aliphatic rings. The highest BCUT2D eigenvalue weighted by molar-refractivity contribution is 5.63. The Balaban J connectivity index is 1.97. The molecule has 0 bridgehead atoms. The molecule has 0 amide bonds. The summed E-state index contributed by atoms with van der Waals surface area (Å²) < 4.78 is 0. The van der Waals surface area contributed by atoms with Gasteiger partial charge >= 0.3 is 0 Å². The maximum Gasteiger partial charge on any atom is 0.293 e. The van der Waals surface area contributed by atoms with Gasteiger partial charge in [-0.2, -0.15) is 5.26 Å². The lowest BCUT2D eigenvalue weighted by Gasteiger charge is -2.06. The van der Waals surface area contributed by atoms with Gasteiger partial charge in [0, 0.05) is 12.6 Å². The first-order valence-electron chi connectivity index (χ1n) is 6.13. The minimum absolute atomic E-state index is 0.0273. The number of anilines is 1. The van der Waals surface area contributed by atoms with Gasteiger partial charge in [-0.1, -0.05) is 12.8 Å². The molecule has 1 aliphatic carbocycles. The van der Waals surface area contributed by atoms with Gasteiger partial charge in [0.1, 0.15) is 5.69 Å². The fourth-order valence-electron chi connectivity index (χ4n) is 1.92. The summed E-state index contributed by atoms with van der Waals surface area (Å²) in [6, 6.07) is 6.41. The minimum Gasteiger partial charge on any atom is -0.379 e. The first kappa shape index (κ1) is 12.4. The Hall–Kier alpha value is -2.09. The fourth-order valence-corrected chi connectivity index (χ4v) is 1.92. The van der Waals surface area contributed by atoms with Crippen LogP contribution in [0.3, 0.4) is 0 Å². The molecule has 94 valence electrons. The van der Waals surface area contributed by atoms with Crippen LogP contribution in [0.4, 0.5) is 11.4 Å². The van der Waals surface area contributed by atoms with Crippen molar-refractivity contribution in [3.05, 3.63) is 33.9 Å². The lowest BCUT2D eigenvalue weighted by atomic mass is 10.1. The van der Waals surface area contributed by atoms with E-state index in [1.807, 2.05) is 6.07 Å². The Kier molecular flexibility index (Phi) is 3.78. The van der Waals surface area contributed by atoms with Crippen molar-refractivity contribution in [1.82, 2.24) is 0 Å². The molecule has 1 N–H and O–H groups in total. The van der Waals surface area contributed by atoms with Gasteiger partial charge in [0.25, 0.3) is 5.69 Å². The molecule has 2 rings (SSSR count). The van der Waals surface area contributed by atoms with Crippen LogP contribution in [0.25, 0.3) is 0 Å². The van der Waals surface area contributed by atoms with Gasteiger partial charge in [-0.05, 0) is 30.9 Å². The van der Waals surface area contributed by atoms with Gasteiger partial charge in [-0.15, -0.1) is 0 Å². The molecule has 1 saturated carbocycles. The number of rotatable bonds is 6. The van der Waals surface area contributed by atoms with E-state index in [0.717, 1.165) is 18.9 Å². The summed E-state index contributed by atoms with van der Waals surface area (Å²) in [6.07, 6.45) is 4.88. The third-order valence-electron chi connectivity index (χ3n) is 3.13. The average molecular weight is 245 g/mol. The quantitative estimate of drug-likeness (QED) is 0.474. The second kappa shape index (κ2) is 5.50. The fraction of sp³-hybridized carbons (Fsp3) is 0.462. The summed E-state index contributed by atoms with van der Waals surface area (Å²) in [5.74, 6) is 0.878. The van der Waals surface area contributed by atoms with Gasteiger partial charge in [0.2, 0.25) is 0 Å². The highest BCUT2D eigenvalue weighted by atomic mass is 16.6. The number of nitriles is 1. The Labute approximate surface area is 106 Å². The van der Waals surface area contributed by atoms with Crippen LogP contribution >= 0.6 is 0 Å². The molecule has 18 heavy (non-hydrogen) atoms. The first-order valence-corrected chi connectivity index (χ1v) is 6.13. The SMILES string of the molecule is N#Cc1ccc(NCCCC2CC2)c([N+](=O)[O-])c1. The van der Waals surface area contributed by atoms with Crippen LogP contribution in [0.2, 0.25) is 0 Å². The molecule has 0 spiro atoms. The van der Waals surface area contributed by atoms with Crippen molar-refractivity contribution in [3.8, 4) is 6.07 Å². The molecule has 1 aromatic rings. The number of hydrogen-bond donors (Lipinski definition) is 1. The van der Waals surface area contributed by atoms with Crippen LogP contribution in [-0.4, -0.2) is 11.5 Å². The number of nitro benzene ring substituents is 1. The molecule has 1 fully saturated rings. The number of nitrogens with one attached hydrogen (secondary N) is 1. The molecular formula is C13H15N3O2. The second-order valence-corrected chi connectivity index (χ2v) is 4.61. The minimum atomic E-state index is -0.454. The Morgan fingerprint density at radius 1 is 1.50 bits per heavy atom. The predicted molar refractivity (Wildman–Crippen MR) is 68.3 cm³/mol. The summed E-state index contributed by atoms with van der Waals surface area (Å²) >= 11 is 0. The van der Waals surface area contributed by atoms with Crippen molar-refractivity contribution in [2.24, 2.45) is 5.92 Å². The molecule has 0 aliphatic heterocycles. The normalized spacial score (nSPS) is 13.9. The van der Waals surface area contributed by atoms with Crippen molar-refractivity contribution >= 4 is 11.4 Å². The molecule has 0 saturated heterocycles. The largest absolute Gasteiger partial charge is 0.379 e. The van der Waals surface area contributed by atoms with Gasteiger partial charge < -0.3 is 5.32 Å². The standard InChI is InChI=1S/C13H15N3O2/c14-9-11-5-6-12(13(8-11)16(17)18)15-7-1-2-10-3-4-10/h5-6,8,10,15H,1-4,7H2. The van der Waals surface area contributed by atoms with Crippen molar-refractivity contribution in [2.45, 2.75) is 25.7 Å². The summed E-state index contributed by atoms with van der Waals surface area (Å²) in [7, 11) is 0. The van der Waals surface area contributed by atoms with E-state index >= 15 is 0 Å². The Morgan fingerprint density at radius 2 is 2.28 bits per heavy atom. The van der Waals surface area contributed by atoms with Gasteiger partial charge in [-0.3, -0.25) is 10.1 Å². The lowest BCUT2D eigenvalue weighted by molar-refractivity contribution is -0.384. The van der Waals surface area contributed by atoms with Gasteiger partial charge in [0.15, 0.2) is 0 Å². The summed E-state index contributed by atoms with van der Waals surface area (Å²) in [4.78, 5) is 10.4. The molecule has 5 heteroatoms. The van der Waals surface area contributed by atoms with E-state index < -0.39 is 4.92 Å². The van der Waals surface area contributed by atoms with Crippen LogP contribution in [-0.2, 0) is 0 Å². The number of nitro groups is 1. The molecule has 0 radical (unpaired) electrons. The Morgan fingerprint density at radius 3 is 2.89 bits per heavy atom. The van der Waals surface area contributed by atoms with Crippen LogP contribution < -0.4 is 5.32 Å². The van der Waals surface area contributed by atoms with Gasteiger partial charge in [0.05, 0.1) is 16.6 Å². The molecule has 0 heterocycles. The smallest absolute Gasteiger partial charge is 0.293 e. The maximum atomic E-state index is 10.9. The molecular weight excluding hydrogens is 230 g/mol. The number of hydrogen-bond acceptors (Lipinski definition) is 4. The topological polar surface area (TPSA) is 79.0 Å². The molecule has 0 unspecified atom stereocenters. The van der Waals surface area contributed by atoms with E-state index in [4.69, 9.17) is 5.26 Å². The van der Waals surface area contributed by atoms with E-state index in [2.05, 4.69) is 5.32 Å². The highest BCUT2D eigenvalue weighted by Crippen LogP contribution is 2.33. The van der Waals surface area contributed by atoms with Crippen LogP contribution in [0.5, 0.6) is 0 Å². The maximum absolute atomic E-state index is 10.9. The summed E-state index contributed by atoms with van der Waals surface area (Å²) in [5.41, 5.74) is 0.778. The van der Waals surface area contributed by atoms with Crippen molar-refractivity contribution < 1.29 is 4.92 Å². The zero-order chi connectivity index (χ0) is 13.0. The number of benzene rings is 1. The highest BCUT2D eigenvalue weighted by Gasteiger charge is 2.20. The zero-order valence-corrected chi connectivity index (χ0v) is 10.1. The zero-order valence-electron chi connectivity index (χ0n) is 10.1. The van der Waals surface area contributed by atoms with Crippen molar-refractivity contribution in [2.75, 3.05) is 11.9 Å². The second-order valence-electron chi connectivity index (χ2n) is 4.61. The summed E-state index contributed by atoms with van der Waals surface area (Å²) in [6.45, 7) is 0.739. The molecule has 0 atom stereocenters. The van der Waals surface area contributed by atoms with E-state index in [1.54, 1.807) is 12.1 Å². The third-order valence-corrected chi connectivity index (χ3v) is 3.13. The van der Waals surface area contributed by atoms with Crippen LogP contribution in [0.15, 0.2) is 18.2 Å². The van der Waals surface area contributed by atoms with Crippen molar-refractivity contribution in [3.63, 3.8) is 0 Å². The van der Waals surface area contributed by atoms with Crippen LogP contribution in [0, 0.1) is 27.4 Å². The lowest BCUT2D eigenvalue weighted by Crippen LogP contribution is -2.04. The third kappa shape index (κ3) is 3.20. The van der Waals surface area contributed by atoms with E-state index in [9.17, 15) is 10.1 Å². The molecule has 5 nitrogen and oxygen atoms in total. The molecule has 0 aromatic heterocycles. The van der Waals surface area contributed by atoms with E-state index in [-0.39, 0.29) is 5.69 Å². The Bertz CT molecular complexity index is 489. The first-order chi connectivity index (χ1) is 8.70. The van der Waals surface area contributed by atoms with Gasteiger partial charge in [-0.25, -0.2) is 0 Å². The van der Waals surface area contributed by atoms with Crippen LogP contribution in [0.1, 0.15) is 31.2 Å². The monoisotopic (exact) mass is 245 g/mol. The average Bonchev–Trinajstić information content (AvgIpc) is 3.18. The van der Waals surface area contributed by atoms with E-state index in [1.165, 1.54) is 25.3 Å². The summed E-state index contributed by atoms with van der Waals surface area (Å²) in [5, 5.41) is 22.7. The predicted octanol–water partition coefficient (Wildman–Crippen LogP) is 3.07. The molecule has 1 aromatic carbocycles. The number of nitrogens with zero attached hydrogens (tertiary/aromatic N) is 2.